The number of hydrogen-bond donors (Lipinski definition) is 1. The fourth-order valence-electron chi connectivity index (χ4n) is 2.45. The molecule has 0 aromatic rings. The molecule has 4 nitrogen and oxygen atoms in total. The first kappa shape index (κ1) is 12.8. The van der Waals surface area contributed by atoms with Gasteiger partial charge in [-0.2, -0.15) is 0 Å². The molecule has 1 aliphatic heterocycles. The van der Waals surface area contributed by atoms with Crippen LogP contribution in [0.5, 0.6) is 0 Å². The molecule has 0 aromatic heterocycles. The second-order valence-electron chi connectivity index (χ2n) is 5.65. The standard InChI is InChI=1S/C13H25N3O/c1-15(2)12-5-7-16(8-6-12)13(17)10-14-9-11-3-4-11/h11-12,14H,3-10H2,1-2H3. The van der Waals surface area contributed by atoms with Gasteiger partial charge in [0.2, 0.25) is 5.91 Å². The van der Waals surface area contributed by atoms with Gasteiger partial charge in [-0.1, -0.05) is 0 Å². The van der Waals surface area contributed by atoms with E-state index in [-0.39, 0.29) is 5.91 Å². The molecule has 1 N–H and O–H groups in total. The predicted octanol–water partition coefficient (Wildman–Crippen LogP) is 0.539. The Kier molecular flexibility index (Phi) is 4.40. The molecule has 1 saturated heterocycles. The van der Waals surface area contributed by atoms with E-state index in [0.717, 1.165) is 38.4 Å². The van der Waals surface area contributed by atoms with E-state index in [2.05, 4.69) is 24.3 Å². The first-order chi connectivity index (χ1) is 8.16. The topological polar surface area (TPSA) is 35.6 Å². The van der Waals surface area contributed by atoms with E-state index in [0.29, 0.717) is 12.6 Å². The molecule has 1 amide bonds. The maximum absolute atomic E-state index is 11.9. The molecule has 1 aliphatic carbocycles. The summed E-state index contributed by atoms with van der Waals surface area (Å²) in [5.74, 6) is 1.13. The first-order valence-corrected chi connectivity index (χ1v) is 6.81. The minimum absolute atomic E-state index is 0.280. The molecule has 0 radical (unpaired) electrons. The Balaban J connectivity index is 1.62. The highest BCUT2D eigenvalue weighted by molar-refractivity contribution is 5.78. The number of amides is 1. The zero-order valence-electron chi connectivity index (χ0n) is 11.1. The molecule has 2 rings (SSSR count). The second kappa shape index (κ2) is 5.83. The molecule has 0 unspecified atom stereocenters. The average Bonchev–Trinajstić information content (AvgIpc) is 3.13. The van der Waals surface area contributed by atoms with Crippen LogP contribution in [0.3, 0.4) is 0 Å². The lowest BCUT2D eigenvalue weighted by molar-refractivity contribution is -0.131. The zero-order chi connectivity index (χ0) is 12.3. The smallest absolute Gasteiger partial charge is 0.236 e. The van der Waals surface area contributed by atoms with Crippen molar-refractivity contribution in [2.24, 2.45) is 5.92 Å². The Morgan fingerprint density at radius 2 is 1.88 bits per heavy atom. The molecule has 1 heterocycles. The quantitative estimate of drug-likeness (QED) is 0.760. The van der Waals surface area contributed by atoms with Crippen LogP contribution in [0.25, 0.3) is 0 Å². The van der Waals surface area contributed by atoms with E-state index in [1.165, 1.54) is 12.8 Å². The lowest BCUT2D eigenvalue weighted by Gasteiger charge is -2.35. The van der Waals surface area contributed by atoms with Crippen LogP contribution >= 0.6 is 0 Å². The fraction of sp³-hybridized carbons (Fsp3) is 0.923. The van der Waals surface area contributed by atoms with Crippen molar-refractivity contribution in [1.82, 2.24) is 15.1 Å². The SMILES string of the molecule is CN(C)C1CCN(C(=O)CNCC2CC2)CC1. The van der Waals surface area contributed by atoms with E-state index in [1.807, 2.05) is 4.90 Å². The summed E-state index contributed by atoms with van der Waals surface area (Å²) < 4.78 is 0. The van der Waals surface area contributed by atoms with Crippen LogP contribution in [-0.2, 0) is 4.79 Å². The van der Waals surface area contributed by atoms with Gasteiger partial charge in [-0.3, -0.25) is 4.79 Å². The summed E-state index contributed by atoms with van der Waals surface area (Å²) in [6.45, 7) is 3.41. The Hall–Kier alpha value is -0.610. The molecular formula is C13H25N3O. The fourth-order valence-corrected chi connectivity index (χ4v) is 2.45. The van der Waals surface area contributed by atoms with E-state index in [1.54, 1.807) is 0 Å². The number of nitrogens with zero attached hydrogens (tertiary/aromatic N) is 2. The predicted molar refractivity (Wildman–Crippen MR) is 68.9 cm³/mol. The van der Waals surface area contributed by atoms with Crippen LogP contribution in [-0.4, -0.2) is 62.0 Å². The molecule has 17 heavy (non-hydrogen) atoms. The van der Waals surface area contributed by atoms with Gasteiger partial charge in [-0.15, -0.1) is 0 Å². The highest BCUT2D eigenvalue weighted by Crippen LogP contribution is 2.27. The zero-order valence-corrected chi connectivity index (χ0v) is 11.1. The van der Waals surface area contributed by atoms with Crippen LogP contribution < -0.4 is 5.32 Å². The van der Waals surface area contributed by atoms with Crippen molar-refractivity contribution in [3.63, 3.8) is 0 Å². The van der Waals surface area contributed by atoms with Crippen LogP contribution in [0.2, 0.25) is 0 Å². The molecule has 98 valence electrons. The van der Waals surface area contributed by atoms with Gasteiger partial charge in [0, 0.05) is 19.1 Å². The van der Waals surface area contributed by atoms with Gasteiger partial charge in [0.25, 0.3) is 0 Å². The summed E-state index contributed by atoms with van der Waals surface area (Å²) in [5.41, 5.74) is 0. The molecule has 2 fully saturated rings. The molecule has 0 spiro atoms. The molecule has 1 saturated carbocycles. The van der Waals surface area contributed by atoms with Gasteiger partial charge in [0.1, 0.15) is 0 Å². The summed E-state index contributed by atoms with van der Waals surface area (Å²) in [7, 11) is 4.25. The van der Waals surface area contributed by atoms with Crippen molar-refractivity contribution in [3.8, 4) is 0 Å². The lowest BCUT2D eigenvalue weighted by Crippen LogP contribution is -2.47. The largest absolute Gasteiger partial charge is 0.341 e. The number of nitrogens with one attached hydrogen (secondary N) is 1. The number of carbonyl (C=O) groups excluding carboxylic acids is 1. The maximum Gasteiger partial charge on any atom is 0.236 e. The highest BCUT2D eigenvalue weighted by Gasteiger charge is 2.24. The molecule has 4 heteroatoms. The average molecular weight is 239 g/mol. The van der Waals surface area contributed by atoms with Gasteiger partial charge < -0.3 is 15.1 Å². The van der Waals surface area contributed by atoms with Crippen LogP contribution in [0, 0.1) is 5.92 Å². The Bertz CT molecular complexity index is 255. The minimum Gasteiger partial charge on any atom is -0.341 e. The third-order valence-electron chi connectivity index (χ3n) is 3.95. The van der Waals surface area contributed by atoms with Crippen LogP contribution in [0.15, 0.2) is 0 Å². The highest BCUT2D eigenvalue weighted by atomic mass is 16.2. The Morgan fingerprint density at radius 3 is 2.41 bits per heavy atom. The molecule has 0 atom stereocenters. The maximum atomic E-state index is 11.9. The van der Waals surface area contributed by atoms with Crippen LogP contribution in [0.1, 0.15) is 25.7 Å². The Labute approximate surface area is 104 Å². The third kappa shape index (κ3) is 3.96. The lowest BCUT2D eigenvalue weighted by atomic mass is 10.0. The number of carbonyl (C=O) groups is 1. The van der Waals surface area contributed by atoms with E-state index in [4.69, 9.17) is 0 Å². The summed E-state index contributed by atoms with van der Waals surface area (Å²) in [5, 5.41) is 3.28. The van der Waals surface area contributed by atoms with Crippen molar-refractivity contribution in [2.75, 3.05) is 40.3 Å². The molecule has 0 bridgehead atoms. The van der Waals surface area contributed by atoms with Gasteiger partial charge in [0.15, 0.2) is 0 Å². The van der Waals surface area contributed by atoms with E-state index in [9.17, 15) is 4.79 Å². The summed E-state index contributed by atoms with van der Waals surface area (Å²) in [6.07, 6.45) is 4.91. The monoisotopic (exact) mass is 239 g/mol. The van der Waals surface area contributed by atoms with Gasteiger partial charge >= 0.3 is 0 Å². The number of rotatable bonds is 5. The van der Waals surface area contributed by atoms with Gasteiger partial charge in [-0.05, 0) is 52.2 Å². The number of likely N-dealkylation sites (tertiary alicyclic amines) is 1. The molecule has 2 aliphatic rings. The van der Waals surface area contributed by atoms with Crippen molar-refractivity contribution in [1.29, 1.82) is 0 Å². The minimum atomic E-state index is 0.280. The molecular weight excluding hydrogens is 214 g/mol. The van der Waals surface area contributed by atoms with Crippen molar-refractivity contribution >= 4 is 5.91 Å². The van der Waals surface area contributed by atoms with Crippen molar-refractivity contribution in [3.05, 3.63) is 0 Å². The third-order valence-corrected chi connectivity index (χ3v) is 3.95. The summed E-state index contributed by atoms with van der Waals surface area (Å²) in [4.78, 5) is 16.2. The normalized spacial score (nSPS) is 22.2. The van der Waals surface area contributed by atoms with Crippen molar-refractivity contribution in [2.45, 2.75) is 31.7 Å². The van der Waals surface area contributed by atoms with E-state index >= 15 is 0 Å². The van der Waals surface area contributed by atoms with Gasteiger partial charge in [-0.25, -0.2) is 0 Å². The number of piperidine rings is 1. The second-order valence-corrected chi connectivity index (χ2v) is 5.65. The van der Waals surface area contributed by atoms with E-state index < -0.39 is 0 Å². The van der Waals surface area contributed by atoms with Crippen molar-refractivity contribution < 1.29 is 4.79 Å². The Morgan fingerprint density at radius 1 is 1.24 bits per heavy atom. The van der Waals surface area contributed by atoms with Crippen LogP contribution in [0.4, 0.5) is 0 Å². The number of hydrogen-bond acceptors (Lipinski definition) is 3. The molecule has 0 aromatic carbocycles. The summed E-state index contributed by atoms with van der Waals surface area (Å²) in [6, 6.07) is 0.651. The first-order valence-electron chi connectivity index (χ1n) is 6.81. The summed E-state index contributed by atoms with van der Waals surface area (Å²) >= 11 is 0. The van der Waals surface area contributed by atoms with Gasteiger partial charge in [0.05, 0.1) is 6.54 Å².